The van der Waals surface area contributed by atoms with Crippen LogP contribution in [0.3, 0.4) is 0 Å². The van der Waals surface area contributed by atoms with Gasteiger partial charge in [0.1, 0.15) is 0 Å². The largest absolute Gasteiger partial charge is 0.271 e. The molecule has 0 amide bonds. The van der Waals surface area contributed by atoms with Crippen LogP contribution in [0.2, 0.25) is 0 Å². The number of hydrogen-bond acceptors (Lipinski definition) is 2. The highest BCUT2D eigenvalue weighted by atomic mass is 15.2. The van der Waals surface area contributed by atoms with Crippen molar-refractivity contribution in [2.45, 2.75) is 32.2 Å². The summed E-state index contributed by atoms with van der Waals surface area (Å²) in [4.78, 5) is 0. The summed E-state index contributed by atoms with van der Waals surface area (Å²) < 4.78 is 0. The van der Waals surface area contributed by atoms with E-state index < -0.39 is 0 Å². The van der Waals surface area contributed by atoms with Crippen LogP contribution < -0.4 is 11.3 Å². The van der Waals surface area contributed by atoms with Gasteiger partial charge in [0.2, 0.25) is 0 Å². The lowest BCUT2D eigenvalue weighted by Crippen LogP contribution is -2.40. The van der Waals surface area contributed by atoms with Crippen molar-refractivity contribution < 1.29 is 0 Å². The molecule has 0 aliphatic heterocycles. The lowest BCUT2D eigenvalue weighted by molar-refractivity contribution is 0.360. The van der Waals surface area contributed by atoms with E-state index in [1.165, 1.54) is 24.0 Å². The zero-order valence-corrected chi connectivity index (χ0v) is 8.66. The summed E-state index contributed by atoms with van der Waals surface area (Å²) >= 11 is 0. The average Bonchev–Trinajstić information content (AvgIpc) is 2.63. The molecule has 0 aromatic heterocycles. The molecule has 2 rings (SSSR count). The van der Waals surface area contributed by atoms with E-state index in [2.05, 4.69) is 36.6 Å². The van der Waals surface area contributed by atoms with Gasteiger partial charge in [0.15, 0.2) is 0 Å². The van der Waals surface area contributed by atoms with Crippen LogP contribution in [-0.4, -0.2) is 6.04 Å². The van der Waals surface area contributed by atoms with Crippen LogP contribution in [0.5, 0.6) is 0 Å². The molecule has 2 nitrogen and oxygen atoms in total. The first-order valence-corrected chi connectivity index (χ1v) is 5.38. The highest BCUT2D eigenvalue weighted by Gasteiger charge is 2.26. The number of rotatable bonds is 3. The first kappa shape index (κ1) is 9.69. The summed E-state index contributed by atoms with van der Waals surface area (Å²) in [5, 5.41) is 0. The van der Waals surface area contributed by atoms with Crippen LogP contribution >= 0.6 is 0 Å². The normalized spacial score (nSPS) is 18.1. The molecule has 1 atom stereocenters. The van der Waals surface area contributed by atoms with Gasteiger partial charge in [-0.15, -0.1) is 0 Å². The van der Waals surface area contributed by atoms with Gasteiger partial charge in [0.05, 0.1) is 0 Å². The van der Waals surface area contributed by atoms with Gasteiger partial charge in [-0.1, -0.05) is 31.2 Å². The predicted octanol–water partition coefficient (Wildman–Crippen LogP) is 1.64. The minimum atomic E-state index is 0.461. The molecule has 1 aromatic rings. The van der Waals surface area contributed by atoms with Gasteiger partial charge >= 0.3 is 0 Å². The highest BCUT2D eigenvalue weighted by Crippen LogP contribution is 2.29. The third kappa shape index (κ3) is 1.68. The summed E-state index contributed by atoms with van der Waals surface area (Å²) in [6.07, 6.45) is 3.47. The first-order valence-electron chi connectivity index (χ1n) is 5.38. The third-order valence-corrected chi connectivity index (χ3v) is 3.31. The minimum absolute atomic E-state index is 0.461. The number of nitrogens with one attached hydrogen (secondary N) is 1. The van der Waals surface area contributed by atoms with Gasteiger partial charge in [-0.25, -0.2) is 0 Å². The fourth-order valence-corrected chi connectivity index (χ4v) is 2.46. The van der Waals surface area contributed by atoms with E-state index in [0.717, 1.165) is 6.42 Å². The second-order valence-corrected chi connectivity index (χ2v) is 4.12. The van der Waals surface area contributed by atoms with Gasteiger partial charge in [-0.05, 0) is 36.3 Å². The van der Waals surface area contributed by atoms with E-state index in [0.29, 0.717) is 12.0 Å². The molecule has 1 unspecified atom stereocenters. The van der Waals surface area contributed by atoms with E-state index in [1.54, 1.807) is 0 Å². The second kappa shape index (κ2) is 4.11. The first-order chi connectivity index (χ1) is 6.85. The maximum Gasteiger partial charge on any atom is 0.0242 e. The summed E-state index contributed by atoms with van der Waals surface area (Å²) in [7, 11) is 0. The molecule has 14 heavy (non-hydrogen) atoms. The number of fused-ring (bicyclic) bond motifs is 1. The topological polar surface area (TPSA) is 38.0 Å². The van der Waals surface area contributed by atoms with Crippen LogP contribution in [0, 0.1) is 5.92 Å². The molecular formula is C12H18N2. The summed E-state index contributed by atoms with van der Waals surface area (Å²) in [6, 6.07) is 9.18. The quantitative estimate of drug-likeness (QED) is 0.562. The lowest BCUT2D eigenvalue weighted by atomic mass is 9.95. The van der Waals surface area contributed by atoms with Gasteiger partial charge in [0.25, 0.3) is 0 Å². The zero-order chi connectivity index (χ0) is 9.97. The maximum absolute atomic E-state index is 5.55. The van der Waals surface area contributed by atoms with Crippen molar-refractivity contribution in [1.82, 2.24) is 5.43 Å². The summed E-state index contributed by atoms with van der Waals surface area (Å²) in [5.41, 5.74) is 5.94. The Morgan fingerprint density at radius 1 is 1.36 bits per heavy atom. The Morgan fingerprint density at radius 3 is 2.36 bits per heavy atom. The molecule has 76 valence electrons. The van der Waals surface area contributed by atoms with Crippen molar-refractivity contribution in [3.05, 3.63) is 35.4 Å². The number of benzene rings is 1. The Morgan fingerprint density at radius 2 is 1.93 bits per heavy atom. The highest BCUT2D eigenvalue weighted by molar-refractivity contribution is 5.32. The Balaban J connectivity index is 2.11. The van der Waals surface area contributed by atoms with Gasteiger partial charge in [0, 0.05) is 6.04 Å². The van der Waals surface area contributed by atoms with E-state index in [1.807, 2.05) is 0 Å². The van der Waals surface area contributed by atoms with Crippen LogP contribution in [0.15, 0.2) is 24.3 Å². The molecule has 0 fully saturated rings. The second-order valence-electron chi connectivity index (χ2n) is 4.12. The fourth-order valence-electron chi connectivity index (χ4n) is 2.46. The van der Waals surface area contributed by atoms with Crippen LogP contribution in [-0.2, 0) is 12.8 Å². The van der Waals surface area contributed by atoms with E-state index in [9.17, 15) is 0 Å². The van der Waals surface area contributed by atoms with Crippen molar-refractivity contribution in [3.63, 3.8) is 0 Å². The number of hydrazine groups is 1. The summed E-state index contributed by atoms with van der Waals surface area (Å²) in [5.74, 6) is 6.23. The molecule has 1 aliphatic rings. The van der Waals surface area contributed by atoms with Crippen molar-refractivity contribution in [2.24, 2.45) is 11.8 Å². The smallest absolute Gasteiger partial charge is 0.0242 e. The molecule has 2 heteroatoms. The van der Waals surface area contributed by atoms with Crippen molar-refractivity contribution in [3.8, 4) is 0 Å². The fraction of sp³-hybridized carbons (Fsp3) is 0.500. The minimum Gasteiger partial charge on any atom is -0.271 e. The third-order valence-electron chi connectivity index (χ3n) is 3.31. The van der Waals surface area contributed by atoms with Crippen molar-refractivity contribution >= 4 is 0 Å². The van der Waals surface area contributed by atoms with E-state index in [-0.39, 0.29) is 0 Å². The predicted molar refractivity (Wildman–Crippen MR) is 58.7 cm³/mol. The van der Waals surface area contributed by atoms with Crippen LogP contribution in [0.4, 0.5) is 0 Å². The Bertz CT molecular complexity index is 280. The monoisotopic (exact) mass is 190 g/mol. The number of nitrogens with two attached hydrogens (primary N) is 1. The Labute approximate surface area is 85.5 Å². The molecule has 0 heterocycles. The van der Waals surface area contributed by atoms with Gasteiger partial charge < -0.3 is 0 Å². The number of hydrogen-bond donors (Lipinski definition) is 2. The molecule has 0 radical (unpaired) electrons. The maximum atomic E-state index is 5.55. The molecule has 1 aromatic carbocycles. The molecule has 0 saturated carbocycles. The summed E-state index contributed by atoms with van der Waals surface area (Å²) in [6.45, 7) is 2.19. The molecule has 3 N–H and O–H groups in total. The molecular weight excluding hydrogens is 172 g/mol. The van der Waals surface area contributed by atoms with Crippen LogP contribution in [0.1, 0.15) is 24.5 Å². The van der Waals surface area contributed by atoms with E-state index >= 15 is 0 Å². The molecule has 0 spiro atoms. The average molecular weight is 190 g/mol. The lowest BCUT2D eigenvalue weighted by Gasteiger charge is -2.20. The molecule has 0 saturated heterocycles. The van der Waals surface area contributed by atoms with Gasteiger partial charge in [-0.3, -0.25) is 11.3 Å². The van der Waals surface area contributed by atoms with Crippen molar-refractivity contribution in [2.75, 3.05) is 0 Å². The Hall–Kier alpha value is -0.860. The molecule has 1 aliphatic carbocycles. The standard InChI is InChI=1S/C12H18N2/c1-2-12(14-13)11-7-9-5-3-4-6-10(9)8-11/h3-6,11-12,14H,2,7-8,13H2,1H3. The van der Waals surface area contributed by atoms with Crippen LogP contribution in [0.25, 0.3) is 0 Å². The SMILES string of the molecule is CCC(NN)C1Cc2ccccc2C1. The van der Waals surface area contributed by atoms with Gasteiger partial charge in [-0.2, -0.15) is 0 Å². The molecule has 0 bridgehead atoms. The van der Waals surface area contributed by atoms with E-state index in [4.69, 9.17) is 5.84 Å². The Kier molecular flexibility index (Phi) is 2.85. The zero-order valence-electron chi connectivity index (χ0n) is 8.66. The van der Waals surface area contributed by atoms with Crippen molar-refractivity contribution in [1.29, 1.82) is 0 Å².